The number of amides is 1. The Morgan fingerprint density at radius 1 is 1.47 bits per heavy atom. The summed E-state index contributed by atoms with van der Waals surface area (Å²) in [5.41, 5.74) is 3.97. The number of aryl methyl sites for hydroxylation is 1. The van der Waals surface area contributed by atoms with E-state index < -0.39 is 0 Å². The maximum atomic E-state index is 11.1. The van der Waals surface area contributed by atoms with Crippen LogP contribution < -0.4 is 15.5 Å². The van der Waals surface area contributed by atoms with E-state index in [1.165, 1.54) is 29.8 Å². The average Bonchev–Trinajstić information content (AvgIpc) is 2.86. The van der Waals surface area contributed by atoms with Crippen LogP contribution in [0.25, 0.3) is 0 Å². The zero-order valence-electron chi connectivity index (χ0n) is 11.4. The number of hydrogen-bond acceptors (Lipinski definition) is 3. The predicted octanol–water partition coefficient (Wildman–Crippen LogP) is 1.76. The van der Waals surface area contributed by atoms with E-state index in [1.807, 2.05) is 0 Å². The highest BCUT2D eigenvalue weighted by atomic mass is 16.1. The molecule has 1 saturated heterocycles. The topological polar surface area (TPSA) is 44.4 Å². The lowest BCUT2D eigenvalue weighted by Crippen LogP contribution is -2.35. The van der Waals surface area contributed by atoms with Crippen molar-refractivity contribution in [3.8, 4) is 0 Å². The van der Waals surface area contributed by atoms with Crippen LogP contribution in [0.5, 0.6) is 0 Å². The summed E-state index contributed by atoms with van der Waals surface area (Å²) < 4.78 is 0. The van der Waals surface area contributed by atoms with Gasteiger partial charge >= 0.3 is 0 Å². The second-order valence-corrected chi connectivity index (χ2v) is 5.50. The van der Waals surface area contributed by atoms with Gasteiger partial charge in [-0.3, -0.25) is 4.79 Å². The van der Waals surface area contributed by atoms with Crippen LogP contribution >= 0.6 is 0 Å². The number of fused-ring (bicyclic) bond motifs is 1. The molecule has 102 valence electrons. The molecule has 4 nitrogen and oxygen atoms in total. The van der Waals surface area contributed by atoms with E-state index in [9.17, 15) is 4.79 Å². The van der Waals surface area contributed by atoms with Gasteiger partial charge in [0.2, 0.25) is 5.91 Å². The maximum Gasteiger partial charge on any atom is 0.217 e. The third-order valence-electron chi connectivity index (χ3n) is 3.99. The monoisotopic (exact) mass is 259 g/mol. The molecule has 1 atom stereocenters. The van der Waals surface area contributed by atoms with Crippen LogP contribution in [0, 0.1) is 0 Å². The van der Waals surface area contributed by atoms with Crippen molar-refractivity contribution in [3.63, 3.8) is 0 Å². The van der Waals surface area contributed by atoms with Gasteiger partial charge in [-0.2, -0.15) is 0 Å². The molecule has 19 heavy (non-hydrogen) atoms. The molecule has 1 aromatic rings. The van der Waals surface area contributed by atoms with Gasteiger partial charge in [-0.1, -0.05) is 6.07 Å². The van der Waals surface area contributed by atoms with Crippen molar-refractivity contribution in [1.82, 2.24) is 5.32 Å². The van der Waals surface area contributed by atoms with Gasteiger partial charge in [0.1, 0.15) is 0 Å². The summed E-state index contributed by atoms with van der Waals surface area (Å²) in [6.45, 7) is 4.60. The number of nitrogens with one attached hydrogen (secondary N) is 2. The van der Waals surface area contributed by atoms with E-state index in [0.29, 0.717) is 6.04 Å². The van der Waals surface area contributed by atoms with Crippen LogP contribution in [0.1, 0.15) is 25.3 Å². The number of anilines is 2. The predicted molar refractivity (Wildman–Crippen MR) is 77.7 cm³/mol. The van der Waals surface area contributed by atoms with E-state index in [0.717, 1.165) is 26.1 Å². The minimum atomic E-state index is 0.0685. The molecule has 0 spiro atoms. The molecule has 1 aromatic carbocycles. The van der Waals surface area contributed by atoms with Gasteiger partial charge in [-0.25, -0.2) is 0 Å². The van der Waals surface area contributed by atoms with Crippen molar-refractivity contribution in [3.05, 3.63) is 23.8 Å². The van der Waals surface area contributed by atoms with E-state index in [4.69, 9.17) is 0 Å². The van der Waals surface area contributed by atoms with Gasteiger partial charge in [0.25, 0.3) is 0 Å². The normalized spacial score (nSPS) is 21.7. The van der Waals surface area contributed by atoms with E-state index in [2.05, 4.69) is 33.7 Å². The van der Waals surface area contributed by atoms with E-state index in [-0.39, 0.29) is 5.91 Å². The Labute approximate surface area is 114 Å². The summed E-state index contributed by atoms with van der Waals surface area (Å²) in [7, 11) is 0. The average molecular weight is 259 g/mol. The standard InChI is InChI=1S/C15H21N3O/c1-11(19)17-13-6-8-18(10-13)14-5-4-12-3-2-7-16-15(12)9-14/h4-5,9,13,16H,2-3,6-8,10H2,1H3,(H,17,19). The fourth-order valence-corrected chi connectivity index (χ4v) is 3.05. The molecule has 2 aliphatic rings. The number of nitrogens with zero attached hydrogens (tertiary/aromatic N) is 1. The van der Waals surface area contributed by atoms with Crippen molar-refractivity contribution in [2.24, 2.45) is 0 Å². The number of carbonyl (C=O) groups is 1. The number of benzene rings is 1. The highest BCUT2D eigenvalue weighted by Gasteiger charge is 2.23. The Hall–Kier alpha value is -1.71. The quantitative estimate of drug-likeness (QED) is 0.850. The molecule has 2 heterocycles. The molecule has 0 saturated carbocycles. The van der Waals surface area contributed by atoms with Crippen molar-refractivity contribution < 1.29 is 4.79 Å². The lowest BCUT2D eigenvalue weighted by molar-refractivity contribution is -0.119. The van der Waals surface area contributed by atoms with Crippen LogP contribution in [0.3, 0.4) is 0 Å². The third-order valence-corrected chi connectivity index (χ3v) is 3.99. The molecule has 0 aliphatic carbocycles. The Kier molecular flexibility index (Phi) is 3.32. The molecule has 0 bridgehead atoms. The zero-order chi connectivity index (χ0) is 13.2. The lowest BCUT2D eigenvalue weighted by Gasteiger charge is -2.23. The zero-order valence-corrected chi connectivity index (χ0v) is 11.4. The smallest absolute Gasteiger partial charge is 0.217 e. The van der Waals surface area contributed by atoms with Gasteiger partial charge in [-0.15, -0.1) is 0 Å². The SMILES string of the molecule is CC(=O)NC1CCN(c2ccc3c(c2)NCCC3)C1. The molecule has 4 heteroatoms. The maximum absolute atomic E-state index is 11.1. The number of hydrogen-bond donors (Lipinski definition) is 2. The molecule has 0 radical (unpaired) electrons. The van der Waals surface area contributed by atoms with Gasteiger partial charge in [-0.05, 0) is 37.0 Å². The second-order valence-electron chi connectivity index (χ2n) is 5.50. The first-order valence-corrected chi connectivity index (χ1v) is 7.11. The summed E-state index contributed by atoms with van der Waals surface area (Å²) in [6.07, 6.45) is 3.43. The van der Waals surface area contributed by atoms with Crippen molar-refractivity contribution in [2.45, 2.75) is 32.2 Å². The first-order chi connectivity index (χ1) is 9.22. The van der Waals surface area contributed by atoms with Crippen LogP contribution in [-0.2, 0) is 11.2 Å². The highest BCUT2D eigenvalue weighted by Crippen LogP contribution is 2.29. The Balaban J connectivity index is 1.71. The molecule has 1 amide bonds. The summed E-state index contributed by atoms with van der Waals surface area (Å²) in [5, 5.41) is 6.48. The van der Waals surface area contributed by atoms with E-state index >= 15 is 0 Å². The minimum Gasteiger partial charge on any atom is -0.385 e. The Morgan fingerprint density at radius 2 is 2.37 bits per heavy atom. The molecule has 0 aromatic heterocycles. The van der Waals surface area contributed by atoms with E-state index in [1.54, 1.807) is 6.92 Å². The summed E-state index contributed by atoms with van der Waals surface area (Å²) in [5.74, 6) is 0.0685. The number of rotatable bonds is 2. The molecular weight excluding hydrogens is 238 g/mol. The summed E-state index contributed by atoms with van der Waals surface area (Å²) >= 11 is 0. The van der Waals surface area contributed by atoms with Gasteiger partial charge < -0.3 is 15.5 Å². The first-order valence-electron chi connectivity index (χ1n) is 7.11. The van der Waals surface area contributed by atoms with Crippen LogP contribution in [-0.4, -0.2) is 31.6 Å². The fraction of sp³-hybridized carbons (Fsp3) is 0.533. The third kappa shape index (κ3) is 2.67. The summed E-state index contributed by atoms with van der Waals surface area (Å²) in [6, 6.07) is 7.00. The van der Waals surface area contributed by atoms with Crippen molar-refractivity contribution >= 4 is 17.3 Å². The molecule has 2 aliphatic heterocycles. The highest BCUT2D eigenvalue weighted by molar-refractivity contribution is 5.73. The van der Waals surface area contributed by atoms with Crippen molar-refractivity contribution in [2.75, 3.05) is 29.9 Å². The summed E-state index contributed by atoms with van der Waals surface area (Å²) in [4.78, 5) is 13.5. The molecule has 1 fully saturated rings. The first kappa shape index (κ1) is 12.3. The Bertz CT molecular complexity index is 486. The molecular formula is C15H21N3O. The van der Waals surface area contributed by atoms with Crippen LogP contribution in [0.2, 0.25) is 0 Å². The fourth-order valence-electron chi connectivity index (χ4n) is 3.05. The van der Waals surface area contributed by atoms with Gasteiger partial charge in [0.05, 0.1) is 0 Å². The van der Waals surface area contributed by atoms with Crippen molar-refractivity contribution in [1.29, 1.82) is 0 Å². The lowest BCUT2D eigenvalue weighted by atomic mass is 10.0. The largest absolute Gasteiger partial charge is 0.385 e. The molecule has 2 N–H and O–H groups in total. The van der Waals surface area contributed by atoms with Crippen LogP contribution in [0.4, 0.5) is 11.4 Å². The Morgan fingerprint density at radius 3 is 3.21 bits per heavy atom. The second kappa shape index (κ2) is 5.11. The van der Waals surface area contributed by atoms with Gasteiger partial charge in [0, 0.05) is 44.0 Å². The number of carbonyl (C=O) groups excluding carboxylic acids is 1. The van der Waals surface area contributed by atoms with Crippen LogP contribution in [0.15, 0.2) is 18.2 Å². The molecule has 1 unspecified atom stereocenters. The van der Waals surface area contributed by atoms with Gasteiger partial charge in [0.15, 0.2) is 0 Å². The minimum absolute atomic E-state index is 0.0685. The molecule has 3 rings (SSSR count).